The number of carbonyl (C=O) groups is 6. The van der Waals surface area contributed by atoms with Crippen LogP contribution in [0.15, 0.2) is 105 Å². The number of oxime groups is 2. The summed E-state index contributed by atoms with van der Waals surface area (Å²) in [7, 11) is 5.90. The highest BCUT2D eigenvalue weighted by Crippen LogP contribution is 2.43. The van der Waals surface area contributed by atoms with Crippen molar-refractivity contribution < 1.29 is 62.1 Å². The molecule has 3 fully saturated rings. The molecule has 0 unspecified atom stereocenters. The van der Waals surface area contributed by atoms with Crippen molar-refractivity contribution in [2.45, 2.75) is 203 Å². The molecule has 6 atom stereocenters. The first-order valence-corrected chi connectivity index (χ1v) is 30.2. The molecule has 1 aliphatic carbocycles. The maximum atomic E-state index is 14.1. The van der Waals surface area contributed by atoms with Gasteiger partial charge in [-0.2, -0.15) is 0 Å². The average molecular weight is 1250 g/mol. The van der Waals surface area contributed by atoms with Gasteiger partial charge in [0, 0.05) is 43.2 Å². The maximum absolute atomic E-state index is 14.1. The number of aryl methyl sites for hydroxylation is 4. The Morgan fingerprint density at radius 3 is 1.29 bits per heavy atom. The van der Waals surface area contributed by atoms with Crippen molar-refractivity contribution in [3.8, 4) is 11.5 Å². The lowest BCUT2D eigenvalue weighted by atomic mass is 9.84. The molecule has 2 spiro atoms. The van der Waals surface area contributed by atoms with E-state index in [1.54, 1.807) is 35.0 Å². The molecule has 7 rings (SSSR count). The van der Waals surface area contributed by atoms with Crippen LogP contribution >= 0.6 is 0 Å². The van der Waals surface area contributed by atoms with Gasteiger partial charge in [0.2, 0.25) is 17.7 Å². The number of ether oxygens (including phenoxy) is 5. The Hall–Kier alpha value is -8.86. The summed E-state index contributed by atoms with van der Waals surface area (Å²) in [5, 5.41) is 14.5. The smallest absolute Gasteiger partial charge is 0.408 e. The number of alkyl carbamates (subject to hydrolysis) is 1. The first-order valence-electron chi connectivity index (χ1n) is 30.2. The quantitative estimate of drug-likeness (QED) is 0.115. The number of hydrogen-bond acceptors (Lipinski definition) is 15. The number of rotatable bonds is 12. The van der Waals surface area contributed by atoms with Crippen LogP contribution in [0.25, 0.3) is 0 Å². The SMILES string of the molecule is C.C=C=C=C=C=C=C=C=C=C=C=C.COC(=O)[C@@H]1C[C@]2(CC(c3cc(C)c(OC)c(C)c3)=NO2)CN1C(=O)[C@@H](NC(=O)CC1CCCCC1)C(C)(C)C.COC(=O)[C@@H]1C[C@]2(CC(c3cc(C)c(OC)c(C)c3)=NO2)CN1C(=O)[C@@H](NC(=O)OC(C)(C)C)C(C)(C)C. The lowest BCUT2D eigenvalue weighted by molar-refractivity contribution is -0.153. The molecule has 2 aromatic carbocycles. The van der Waals surface area contributed by atoms with E-state index in [1.807, 2.05) is 93.5 Å². The zero-order valence-corrected chi connectivity index (χ0v) is 55.7. The second-order valence-corrected chi connectivity index (χ2v) is 26.6. The van der Waals surface area contributed by atoms with Crippen molar-refractivity contribution in [1.29, 1.82) is 0 Å². The highest BCUT2D eigenvalue weighted by molar-refractivity contribution is 6.03. The second kappa shape index (κ2) is 32.2. The lowest BCUT2D eigenvalue weighted by Crippen LogP contribution is -2.57. The Morgan fingerprint density at radius 2 is 0.956 bits per heavy atom. The van der Waals surface area contributed by atoms with Gasteiger partial charge in [-0.15, -0.1) is 0 Å². The molecule has 1 saturated carbocycles. The average Bonchev–Trinajstić information content (AvgIpc) is 1.64. The minimum absolute atomic E-state index is 0. The molecule has 0 aromatic heterocycles. The van der Waals surface area contributed by atoms with Crippen LogP contribution in [0.1, 0.15) is 167 Å². The van der Waals surface area contributed by atoms with Crippen molar-refractivity contribution in [3.05, 3.63) is 128 Å². The highest BCUT2D eigenvalue weighted by Gasteiger charge is 2.57. The molecule has 2 aromatic rings. The van der Waals surface area contributed by atoms with Crippen LogP contribution in [0.2, 0.25) is 0 Å². The van der Waals surface area contributed by atoms with Crippen molar-refractivity contribution in [3.63, 3.8) is 0 Å². The molecule has 4 aliphatic heterocycles. The van der Waals surface area contributed by atoms with E-state index in [0.717, 1.165) is 82.0 Å². The van der Waals surface area contributed by atoms with Crippen LogP contribution in [0, 0.1) is 44.4 Å². The van der Waals surface area contributed by atoms with E-state index in [1.165, 1.54) is 30.4 Å². The van der Waals surface area contributed by atoms with Crippen LogP contribution in [0.3, 0.4) is 0 Å². The lowest BCUT2D eigenvalue weighted by Gasteiger charge is -2.35. The molecule has 91 heavy (non-hydrogen) atoms. The fraction of sp³-hybridized carbons (Fsp3) is 0.556. The number of esters is 2. The van der Waals surface area contributed by atoms with Crippen molar-refractivity contribution in [2.24, 2.45) is 27.1 Å². The predicted molar refractivity (Wildman–Crippen MR) is 347 cm³/mol. The van der Waals surface area contributed by atoms with E-state index in [2.05, 4.69) is 91.4 Å². The summed E-state index contributed by atoms with van der Waals surface area (Å²) in [4.78, 5) is 94.4. The van der Waals surface area contributed by atoms with Gasteiger partial charge in [0.1, 0.15) is 41.3 Å². The number of likely N-dealkylation sites (tertiary alicyclic amines) is 2. The summed E-state index contributed by atoms with van der Waals surface area (Å²) < 4.78 is 26.5. The van der Waals surface area contributed by atoms with Gasteiger partial charge in [-0.25, -0.2) is 14.4 Å². The first-order chi connectivity index (χ1) is 42.3. The van der Waals surface area contributed by atoms with Crippen LogP contribution in [0.5, 0.6) is 11.5 Å². The Balaban J connectivity index is 0.000000327. The number of hydrogen-bond donors (Lipinski definition) is 2. The normalized spacial score (nSPS) is 20.2. The first kappa shape index (κ1) is 74.6. The van der Waals surface area contributed by atoms with Crippen LogP contribution in [-0.4, -0.2) is 139 Å². The molecule has 2 saturated heterocycles. The molecule has 0 radical (unpaired) electrons. The summed E-state index contributed by atoms with van der Waals surface area (Å²) in [6.07, 6.45) is 6.67. The van der Waals surface area contributed by atoms with Gasteiger partial charge < -0.3 is 53.8 Å². The van der Waals surface area contributed by atoms with Gasteiger partial charge in [-0.3, -0.25) is 14.4 Å². The van der Waals surface area contributed by atoms with Gasteiger partial charge >= 0.3 is 18.0 Å². The van der Waals surface area contributed by atoms with E-state index in [4.69, 9.17) is 33.4 Å². The second-order valence-electron chi connectivity index (χ2n) is 26.6. The zero-order valence-electron chi connectivity index (χ0n) is 55.7. The van der Waals surface area contributed by atoms with Crippen LogP contribution in [-0.2, 0) is 47.9 Å². The van der Waals surface area contributed by atoms with E-state index in [-0.39, 0.29) is 45.2 Å². The summed E-state index contributed by atoms with van der Waals surface area (Å²) in [6, 6.07) is 4.55. The Bertz CT molecular complexity index is 3420. The molecule has 4 amide bonds. The predicted octanol–water partition coefficient (Wildman–Crippen LogP) is 11.3. The largest absolute Gasteiger partial charge is 0.496 e. The van der Waals surface area contributed by atoms with Crippen molar-refractivity contribution in [1.82, 2.24) is 20.4 Å². The summed E-state index contributed by atoms with van der Waals surface area (Å²) in [5.74, 6) is 0.130. The zero-order chi connectivity index (χ0) is 66.9. The topological polar surface area (TPSA) is 222 Å². The van der Waals surface area contributed by atoms with Gasteiger partial charge in [-0.05, 0) is 184 Å². The minimum atomic E-state index is -0.951. The van der Waals surface area contributed by atoms with Crippen molar-refractivity contribution in [2.75, 3.05) is 41.5 Å². The minimum Gasteiger partial charge on any atom is -0.496 e. The van der Waals surface area contributed by atoms with Crippen LogP contribution < -0.4 is 20.1 Å². The molecule has 19 heteroatoms. The van der Waals surface area contributed by atoms with Gasteiger partial charge in [-0.1, -0.05) is 90.0 Å². The third-order valence-corrected chi connectivity index (χ3v) is 16.0. The summed E-state index contributed by atoms with van der Waals surface area (Å²) in [5.41, 5.74) is 28.0. The third kappa shape index (κ3) is 20.1. The highest BCUT2D eigenvalue weighted by atomic mass is 16.7. The standard InChI is InChI=1S/C31H45N3O6.C28H41N3O7.C12H4.CH4/c1-19-13-22(14-20(2)26(19)38-6)23-16-31(40-33-23)17-24(29(37)39-7)34(18-31)28(36)27(30(3,4)5)32-25(35)15-21-11-9-8-10-12-21;1-16-11-18(12-17(2)21(16)35-9)19-13-28(38-30-19)14-20(24(33)36-10)31(15-28)23(32)22(26(3,4)5)29-25(34)37-27(6,7)8;1-3-5-7-9-11-12-10-8-6-4-2;/h13-14,21,24,27H,8-12,15-18H2,1-7H3,(H,32,35);11-12,20,22H,13-15H2,1-10H3,(H,29,34);1-2H2;1H4/t24-,27+,31+;20-,22+,28+;;/m00../s1. The monoisotopic (exact) mass is 1250 g/mol. The molecule has 0 bridgehead atoms. The molecule has 490 valence electrons. The molecule has 4 heterocycles. The third-order valence-electron chi connectivity index (χ3n) is 16.0. The molecule has 19 nitrogen and oxygen atoms in total. The van der Waals surface area contributed by atoms with E-state index in [9.17, 15) is 28.8 Å². The van der Waals surface area contributed by atoms with Crippen LogP contribution in [0.4, 0.5) is 4.79 Å². The molecule has 5 aliphatic rings. The van der Waals surface area contributed by atoms with Gasteiger partial charge in [0.05, 0.1) is 53.0 Å². The Morgan fingerprint density at radius 1 is 0.593 bits per heavy atom. The summed E-state index contributed by atoms with van der Waals surface area (Å²) in [6.45, 7) is 31.3. The van der Waals surface area contributed by atoms with E-state index in [0.29, 0.717) is 25.2 Å². The summed E-state index contributed by atoms with van der Waals surface area (Å²) >= 11 is 0. The maximum Gasteiger partial charge on any atom is 0.408 e. The van der Waals surface area contributed by atoms with E-state index < -0.39 is 75.7 Å². The molecular weight excluding hydrogens is 1160 g/mol. The van der Waals surface area contributed by atoms with E-state index >= 15 is 0 Å². The van der Waals surface area contributed by atoms with Gasteiger partial charge in [0.15, 0.2) is 11.2 Å². The number of benzene rings is 2. The number of amides is 4. The fourth-order valence-electron chi connectivity index (χ4n) is 11.9. The molecular formula is C72H94N6O13. The van der Waals surface area contributed by atoms with Gasteiger partial charge in [0.25, 0.3) is 0 Å². The Labute approximate surface area is 538 Å². The number of carbonyl (C=O) groups excluding carboxylic acids is 6. The Kier molecular flexibility index (Phi) is 26.4. The van der Waals surface area contributed by atoms with Crippen molar-refractivity contribution >= 4 is 47.2 Å². The molecule has 2 N–H and O–H groups in total. The fourth-order valence-corrected chi connectivity index (χ4v) is 11.9. The number of methoxy groups -OCH3 is 4. The number of nitrogens with zero attached hydrogens (tertiary/aromatic N) is 4. The number of nitrogens with one attached hydrogen (secondary N) is 2.